The van der Waals surface area contributed by atoms with Crippen LogP contribution in [0.15, 0.2) is 78.4 Å². The van der Waals surface area contributed by atoms with Crippen LogP contribution in [0, 0.1) is 0 Å². The molecular weight excluding hydrogens is 439 g/mol. The van der Waals surface area contributed by atoms with E-state index < -0.39 is 17.8 Å². The number of carbonyl (C=O) groups is 3. The molecule has 2 amide bonds. The van der Waals surface area contributed by atoms with Gasteiger partial charge in [-0.1, -0.05) is 59.6 Å². The zero-order valence-electron chi connectivity index (χ0n) is 15.8. The van der Waals surface area contributed by atoms with Gasteiger partial charge >= 0.3 is 5.97 Å². The van der Waals surface area contributed by atoms with Gasteiger partial charge in [0.25, 0.3) is 11.8 Å². The van der Waals surface area contributed by atoms with Crippen molar-refractivity contribution in [1.29, 1.82) is 0 Å². The first-order valence-electron chi connectivity index (χ1n) is 9.12. The maximum Gasteiger partial charge on any atom is 0.345 e. The molecule has 31 heavy (non-hydrogen) atoms. The minimum absolute atomic E-state index is 0.0862. The van der Waals surface area contributed by atoms with Gasteiger partial charge in [-0.15, -0.1) is 0 Å². The lowest BCUT2D eigenvalue weighted by molar-refractivity contribution is -0.117. The number of para-hydroxylation sites is 2. The Morgan fingerprint density at radius 3 is 2.39 bits per heavy atom. The van der Waals surface area contributed by atoms with Crippen molar-refractivity contribution in [2.24, 2.45) is 0 Å². The Kier molecular flexibility index (Phi) is 5.75. The first-order valence-corrected chi connectivity index (χ1v) is 9.88. The van der Waals surface area contributed by atoms with Crippen molar-refractivity contribution in [3.63, 3.8) is 0 Å². The van der Waals surface area contributed by atoms with Crippen molar-refractivity contribution in [3.8, 4) is 5.75 Å². The van der Waals surface area contributed by atoms with Gasteiger partial charge in [0.2, 0.25) is 0 Å². The number of nitrogens with zero attached hydrogens (tertiary/aromatic N) is 1. The Balaban J connectivity index is 1.63. The molecule has 1 aliphatic rings. The van der Waals surface area contributed by atoms with Crippen molar-refractivity contribution < 1.29 is 19.1 Å². The van der Waals surface area contributed by atoms with Crippen LogP contribution in [-0.4, -0.2) is 17.8 Å². The Labute approximate surface area is 187 Å². The van der Waals surface area contributed by atoms with E-state index in [2.05, 4.69) is 5.43 Å². The van der Waals surface area contributed by atoms with E-state index in [4.69, 9.17) is 27.9 Å². The minimum Gasteiger partial charge on any atom is -0.422 e. The van der Waals surface area contributed by atoms with Gasteiger partial charge in [-0.05, 0) is 42.5 Å². The van der Waals surface area contributed by atoms with Crippen molar-refractivity contribution >= 4 is 52.7 Å². The summed E-state index contributed by atoms with van der Waals surface area (Å²) >= 11 is 11.9. The monoisotopic (exact) mass is 452 g/mol. The van der Waals surface area contributed by atoms with Crippen LogP contribution in [0.1, 0.15) is 15.9 Å². The summed E-state index contributed by atoms with van der Waals surface area (Å²) in [5.74, 6) is -1.60. The number of esters is 1. The molecule has 0 atom stereocenters. The van der Waals surface area contributed by atoms with Crippen LogP contribution in [0.25, 0.3) is 6.08 Å². The number of rotatable bonds is 4. The third-order valence-electron chi connectivity index (χ3n) is 4.48. The van der Waals surface area contributed by atoms with Gasteiger partial charge in [-0.2, -0.15) is 0 Å². The van der Waals surface area contributed by atoms with Crippen molar-refractivity contribution in [1.82, 2.24) is 5.43 Å². The van der Waals surface area contributed by atoms with E-state index in [0.29, 0.717) is 16.3 Å². The lowest BCUT2D eigenvalue weighted by atomic mass is 10.1. The molecule has 3 aromatic rings. The topological polar surface area (TPSA) is 75.7 Å². The number of amides is 2. The van der Waals surface area contributed by atoms with E-state index in [1.54, 1.807) is 54.6 Å². The highest BCUT2D eigenvalue weighted by molar-refractivity contribution is 6.36. The number of ether oxygens (including phenoxy) is 1. The molecule has 1 N–H and O–H groups in total. The van der Waals surface area contributed by atoms with E-state index >= 15 is 0 Å². The summed E-state index contributed by atoms with van der Waals surface area (Å²) in [6, 6.07) is 19.7. The highest BCUT2D eigenvalue weighted by atomic mass is 35.5. The summed E-state index contributed by atoms with van der Waals surface area (Å²) in [5.41, 5.74) is 3.49. The Bertz CT molecular complexity index is 1230. The van der Waals surface area contributed by atoms with Gasteiger partial charge in [-0.3, -0.25) is 15.0 Å². The molecule has 1 saturated heterocycles. The predicted molar refractivity (Wildman–Crippen MR) is 118 cm³/mol. The second-order valence-corrected chi connectivity index (χ2v) is 7.37. The fraction of sp³-hybridized carbons (Fsp3) is 0. The fourth-order valence-corrected chi connectivity index (χ4v) is 3.46. The molecule has 0 unspecified atom stereocenters. The van der Waals surface area contributed by atoms with Crippen LogP contribution in [0.5, 0.6) is 5.75 Å². The van der Waals surface area contributed by atoms with Gasteiger partial charge in [-0.25, -0.2) is 9.80 Å². The molecule has 6 nitrogen and oxygen atoms in total. The van der Waals surface area contributed by atoms with Gasteiger partial charge < -0.3 is 4.74 Å². The maximum atomic E-state index is 12.8. The van der Waals surface area contributed by atoms with Crippen molar-refractivity contribution in [2.75, 3.05) is 5.01 Å². The van der Waals surface area contributed by atoms with Crippen molar-refractivity contribution in [3.05, 3.63) is 99.5 Å². The Hall–Kier alpha value is -3.61. The van der Waals surface area contributed by atoms with Gasteiger partial charge in [0, 0.05) is 10.6 Å². The average Bonchev–Trinajstić information content (AvgIpc) is 3.04. The Morgan fingerprint density at radius 1 is 0.935 bits per heavy atom. The second kappa shape index (κ2) is 8.63. The zero-order chi connectivity index (χ0) is 22.0. The van der Waals surface area contributed by atoms with E-state index in [9.17, 15) is 14.4 Å². The molecular formula is C23H14Cl2N2O4. The summed E-state index contributed by atoms with van der Waals surface area (Å²) in [6.45, 7) is 0. The molecule has 3 aromatic carbocycles. The number of hydrogen-bond acceptors (Lipinski definition) is 4. The standard InChI is InChI=1S/C23H14Cl2N2O4/c24-15-10-11-17(19(25)13-15)23(30)31-20-9-5-4-6-14(20)12-18-21(28)26-27(22(18)29)16-7-2-1-3-8-16/h1-13H,(H,26,28)/b18-12+. The summed E-state index contributed by atoms with van der Waals surface area (Å²) in [7, 11) is 0. The lowest BCUT2D eigenvalue weighted by Gasteiger charge is -2.14. The molecule has 4 rings (SSSR count). The van der Waals surface area contributed by atoms with Crippen LogP contribution in [-0.2, 0) is 9.59 Å². The molecule has 1 heterocycles. The van der Waals surface area contributed by atoms with Crippen LogP contribution >= 0.6 is 23.2 Å². The lowest BCUT2D eigenvalue weighted by Crippen LogP contribution is -2.35. The number of nitrogens with one attached hydrogen (secondary N) is 1. The van der Waals surface area contributed by atoms with Crippen LogP contribution in [0.4, 0.5) is 5.69 Å². The van der Waals surface area contributed by atoms with Crippen molar-refractivity contribution in [2.45, 2.75) is 0 Å². The van der Waals surface area contributed by atoms with E-state index in [1.165, 1.54) is 24.3 Å². The quantitative estimate of drug-likeness (QED) is 0.270. The number of halogens is 2. The molecule has 154 valence electrons. The molecule has 0 radical (unpaired) electrons. The molecule has 8 heteroatoms. The largest absolute Gasteiger partial charge is 0.422 e. The smallest absolute Gasteiger partial charge is 0.345 e. The highest BCUT2D eigenvalue weighted by Crippen LogP contribution is 2.27. The van der Waals surface area contributed by atoms with Gasteiger partial charge in [0.1, 0.15) is 11.3 Å². The molecule has 1 fully saturated rings. The number of benzene rings is 3. The molecule has 1 aliphatic heterocycles. The van der Waals surface area contributed by atoms with Crippen LogP contribution in [0.3, 0.4) is 0 Å². The second-order valence-electron chi connectivity index (χ2n) is 6.53. The summed E-state index contributed by atoms with van der Waals surface area (Å²) in [6.07, 6.45) is 1.38. The molecule has 0 saturated carbocycles. The number of carbonyl (C=O) groups excluding carboxylic acids is 3. The summed E-state index contributed by atoms with van der Waals surface area (Å²) < 4.78 is 5.48. The third-order valence-corrected chi connectivity index (χ3v) is 5.03. The summed E-state index contributed by atoms with van der Waals surface area (Å²) in [5, 5.41) is 1.70. The zero-order valence-corrected chi connectivity index (χ0v) is 17.4. The first-order chi connectivity index (χ1) is 14.9. The van der Waals surface area contributed by atoms with Gasteiger partial charge in [0.05, 0.1) is 16.3 Å². The van der Waals surface area contributed by atoms with E-state index in [-0.39, 0.29) is 21.9 Å². The maximum absolute atomic E-state index is 12.8. The van der Waals surface area contributed by atoms with E-state index in [0.717, 1.165) is 5.01 Å². The van der Waals surface area contributed by atoms with Crippen LogP contribution in [0.2, 0.25) is 10.0 Å². The van der Waals surface area contributed by atoms with Gasteiger partial charge in [0.15, 0.2) is 0 Å². The number of anilines is 1. The predicted octanol–water partition coefficient (Wildman–Crippen LogP) is 4.67. The third kappa shape index (κ3) is 4.30. The molecule has 0 aliphatic carbocycles. The minimum atomic E-state index is -0.694. The Morgan fingerprint density at radius 2 is 1.65 bits per heavy atom. The normalized spacial score (nSPS) is 14.6. The molecule has 0 aromatic heterocycles. The summed E-state index contributed by atoms with van der Waals surface area (Å²) in [4.78, 5) is 37.8. The SMILES string of the molecule is O=C1NN(c2ccccc2)C(=O)/C1=C/c1ccccc1OC(=O)c1ccc(Cl)cc1Cl. The average molecular weight is 453 g/mol. The highest BCUT2D eigenvalue weighted by Gasteiger charge is 2.34. The molecule has 0 bridgehead atoms. The first kappa shape index (κ1) is 20.7. The van der Waals surface area contributed by atoms with E-state index in [1.807, 2.05) is 0 Å². The number of hydrogen-bond donors (Lipinski definition) is 1. The van der Waals surface area contributed by atoms with Crippen LogP contribution < -0.4 is 15.2 Å². The fourth-order valence-electron chi connectivity index (χ4n) is 2.97. The molecule has 0 spiro atoms. The number of hydrazine groups is 1.